The van der Waals surface area contributed by atoms with E-state index in [0.717, 1.165) is 6.42 Å². The number of nitrogens with one attached hydrogen (secondary N) is 1. The van der Waals surface area contributed by atoms with Gasteiger partial charge in [-0.25, -0.2) is 14.4 Å². The zero-order chi connectivity index (χ0) is 25.1. The minimum atomic E-state index is -0.496. The van der Waals surface area contributed by atoms with Gasteiger partial charge in [0.05, 0.1) is 23.8 Å². The van der Waals surface area contributed by atoms with Crippen LogP contribution in [0.5, 0.6) is 11.5 Å². The molecule has 1 aromatic heterocycles. The number of ether oxygens (including phenoxy) is 3. The summed E-state index contributed by atoms with van der Waals surface area (Å²) in [5.41, 5.74) is 1.25. The lowest BCUT2D eigenvalue weighted by Crippen LogP contribution is -2.41. The molecule has 188 valence electrons. The van der Waals surface area contributed by atoms with Gasteiger partial charge in [-0.1, -0.05) is 18.2 Å². The van der Waals surface area contributed by atoms with Gasteiger partial charge in [-0.15, -0.1) is 0 Å². The lowest BCUT2D eigenvalue weighted by atomic mass is 10.1. The number of halogens is 2. The summed E-state index contributed by atoms with van der Waals surface area (Å²) in [6, 6.07) is 8.07. The Kier molecular flexibility index (Phi) is 7.20. The normalized spacial score (nSPS) is 18.3. The number of piperidine rings is 1. The molecular formula is C26H26ClFN4O4. The summed E-state index contributed by atoms with van der Waals surface area (Å²) in [5, 5.41) is 3.91. The number of nitrogens with zero attached hydrogens (tertiary/aromatic N) is 3. The molecule has 2 aliphatic heterocycles. The molecule has 10 heteroatoms. The molecule has 0 radical (unpaired) electrons. The van der Waals surface area contributed by atoms with Crippen molar-refractivity contribution in [3.8, 4) is 11.5 Å². The molecule has 36 heavy (non-hydrogen) atoms. The highest BCUT2D eigenvalue weighted by Gasteiger charge is 2.26. The summed E-state index contributed by atoms with van der Waals surface area (Å²) in [6.07, 6.45) is 4.80. The van der Waals surface area contributed by atoms with Crippen molar-refractivity contribution >= 4 is 39.9 Å². The molecule has 2 aliphatic rings. The Labute approximate surface area is 213 Å². The maximum absolute atomic E-state index is 13.6. The molecule has 2 aromatic carbocycles. The van der Waals surface area contributed by atoms with Crippen LogP contribution >= 0.6 is 11.6 Å². The third kappa shape index (κ3) is 5.37. The zero-order valence-corrected chi connectivity index (χ0v) is 20.3. The number of fused-ring (bicyclic) bond motifs is 1. The molecule has 0 spiro atoms. The fraction of sp³-hybridized carbons (Fsp3) is 0.346. The standard InChI is InChI=1S/C26H26ClFN4O4/c1-2-25(33)32-8-5-17(6-9-32)35-23-12-19-22(13-24(23)36-18-7-10-34-14-18)29-15-30-26(19)31-16-3-4-21(28)20(27)11-16/h2-4,11-13,15,17-18H,1,5-10,14H2,(H,29,30,31)/t18-/m0/s1. The first-order valence-electron chi connectivity index (χ1n) is 11.8. The number of hydrogen-bond acceptors (Lipinski definition) is 7. The molecule has 3 heterocycles. The van der Waals surface area contributed by atoms with Gasteiger partial charge < -0.3 is 24.4 Å². The third-order valence-electron chi connectivity index (χ3n) is 6.29. The van der Waals surface area contributed by atoms with Crippen molar-refractivity contribution in [2.45, 2.75) is 31.5 Å². The largest absolute Gasteiger partial charge is 0.486 e. The average Bonchev–Trinajstić information content (AvgIpc) is 3.40. The minimum Gasteiger partial charge on any atom is -0.486 e. The van der Waals surface area contributed by atoms with Crippen molar-refractivity contribution in [1.82, 2.24) is 14.9 Å². The predicted octanol–water partition coefficient (Wildman–Crippen LogP) is 4.89. The first-order chi connectivity index (χ1) is 17.5. The minimum absolute atomic E-state index is 0.0122. The van der Waals surface area contributed by atoms with E-state index in [-0.39, 0.29) is 23.1 Å². The van der Waals surface area contributed by atoms with E-state index in [2.05, 4.69) is 21.9 Å². The average molecular weight is 513 g/mol. The molecule has 0 bridgehead atoms. The van der Waals surface area contributed by atoms with Crippen LogP contribution in [0, 0.1) is 5.82 Å². The third-order valence-corrected chi connectivity index (χ3v) is 6.58. The fourth-order valence-corrected chi connectivity index (χ4v) is 4.53. The predicted molar refractivity (Wildman–Crippen MR) is 135 cm³/mol. The van der Waals surface area contributed by atoms with E-state index in [1.165, 1.54) is 24.5 Å². The highest BCUT2D eigenvalue weighted by molar-refractivity contribution is 6.31. The number of carbonyl (C=O) groups is 1. The molecule has 1 amide bonds. The van der Waals surface area contributed by atoms with Crippen LogP contribution < -0.4 is 14.8 Å². The van der Waals surface area contributed by atoms with Crippen molar-refractivity contribution in [2.75, 3.05) is 31.6 Å². The second-order valence-corrected chi connectivity index (χ2v) is 9.15. The summed E-state index contributed by atoms with van der Waals surface area (Å²) >= 11 is 5.95. The van der Waals surface area contributed by atoms with Crippen LogP contribution in [-0.2, 0) is 9.53 Å². The Hall–Kier alpha value is -3.43. The quantitative estimate of drug-likeness (QED) is 0.451. The Balaban J connectivity index is 1.45. The molecule has 3 aromatic rings. The summed E-state index contributed by atoms with van der Waals surface area (Å²) in [6.45, 7) is 5.92. The smallest absolute Gasteiger partial charge is 0.245 e. The Morgan fingerprint density at radius 2 is 1.92 bits per heavy atom. The van der Waals surface area contributed by atoms with Gasteiger partial charge in [0.2, 0.25) is 5.91 Å². The summed E-state index contributed by atoms with van der Waals surface area (Å²) in [4.78, 5) is 22.5. The number of hydrogen-bond donors (Lipinski definition) is 1. The van der Waals surface area contributed by atoms with Crippen molar-refractivity contribution in [2.24, 2.45) is 0 Å². The molecule has 1 atom stereocenters. The van der Waals surface area contributed by atoms with Gasteiger partial charge in [0.25, 0.3) is 0 Å². The maximum atomic E-state index is 13.6. The van der Waals surface area contributed by atoms with Crippen LogP contribution in [-0.4, -0.2) is 59.3 Å². The zero-order valence-electron chi connectivity index (χ0n) is 19.6. The highest BCUT2D eigenvalue weighted by atomic mass is 35.5. The molecule has 2 fully saturated rings. The summed E-state index contributed by atoms with van der Waals surface area (Å²) in [5.74, 6) is 1.10. The molecule has 1 N–H and O–H groups in total. The van der Waals surface area contributed by atoms with Crippen LogP contribution in [0.1, 0.15) is 19.3 Å². The first kappa shape index (κ1) is 24.3. The number of likely N-dealkylation sites (tertiary alicyclic amines) is 1. The molecule has 8 nitrogen and oxygen atoms in total. The lowest BCUT2D eigenvalue weighted by molar-refractivity contribution is -0.127. The fourth-order valence-electron chi connectivity index (χ4n) is 4.35. The Morgan fingerprint density at radius 3 is 2.64 bits per heavy atom. The molecule has 0 unspecified atom stereocenters. The number of aromatic nitrogens is 2. The van der Waals surface area contributed by atoms with Gasteiger partial charge in [-0.2, -0.15) is 0 Å². The maximum Gasteiger partial charge on any atom is 0.245 e. The van der Waals surface area contributed by atoms with E-state index in [1.54, 1.807) is 11.0 Å². The number of anilines is 2. The second kappa shape index (κ2) is 10.7. The van der Waals surface area contributed by atoms with Gasteiger partial charge in [-0.05, 0) is 30.3 Å². The van der Waals surface area contributed by atoms with Crippen LogP contribution in [0.25, 0.3) is 10.9 Å². The van der Waals surface area contributed by atoms with Crippen LogP contribution in [0.2, 0.25) is 5.02 Å². The molecule has 0 aliphatic carbocycles. The van der Waals surface area contributed by atoms with E-state index in [9.17, 15) is 9.18 Å². The van der Waals surface area contributed by atoms with Crippen molar-refractivity contribution in [1.29, 1.82) is 0 Å². The van der Waals surface area contributed by atoms with E-state index in [1.807, 2.05) is 12.1 Å². The molecular weight excluding hydrogens is 487 g/mol. The van der Waals surface area contributed by atoms with Crippen molar-refractivity contribution < 1.29 is 23.4 Å². The number of rotatable bonds is 7. The van der Waals surface area contributed by atoms with E-state index in [4.69, 9.17) is 25.8 Å². The van der Waals surface area contributed by atoms with Gasteiger partial charge in [0, 0.05) is 49.5 Å². The summed E-state index contributed by atoms with van der Waals surface area (Å²) in [7, 11) is 0. The van der Waals surface area contributed by atoms with E-state index < -0.39 is 5.82 Å². The second-order valence-electron chi connectivity index (χ2n) is 8.74. The molecule has 5 rings (SSSR count). The van der Waals surface area contributed by atoms with Crippen LogP contribution in [0.3, 0.4) is 0 Å². The molecule has 0 saturated carbocycles. The highest BCUT2D eigenvalue weighted by Crippen LogP contribution is 2.38. The van der Waals surface area contributed by atoms with Gasteiger partial charge in [0.15, 0.2) is 11.5 Å². The van der Waals surface area contributed by atoms with Crippen LogP contribution in [0.4, 0.5) is 15.9 Å². The first-order valence-corrected chi connectivity index (χ1v) is 12.2. The van der Waals surface area contributed by atoms with Crippen molar-refractivity contribution in [3.05, 3.63) is 60.2 Å². The van der Waals surface area contributed by atoms with Gasteiger partial charge in [0.1, 0.15) is 30.2 Å². The number of carbonyl (C=O) groups excluding carboxylic acids is 1. The number of amides is 1. The monoisotopic (exact) mass is 512 g/mol. The van der Waals surface area contributed by atoms with Gasteiger partial charge >= 0.3 is 0 Å². The number of benzene rings is 2. The Morgan fingerprint density at radius 1 is 1.14 bits per heavy atom. The van der Waals surface area contributed by atoms with Crippen molar-refractivity contribution in [3.63, 3.8) is 0 Å². The van der Waals surface area contributed by atoms with Crippen LogP contribution in [0.15, 0.2) is 49.3 Å². The van der Waals surface area contributed by atoms with Gasteiger partial charge in [-0.3, -0.25) is 4.79 Å². The SMILES string of the molecule is C=CC(=O)N1CCC(Oc2cc3c(Nc4ccc(F)c(Cl)c4)ncnc3cc2O[C@H]2CCOC2)CC1. The lowest BCUT2D eigenvalue weighted by Gasteiger charge is -2.32. The van der Waals surface area contributed by atoms with E-state index >= 15 is 0 Å². The summed E-state index contributed by atoms with van der Waals surface area (Å²) < 4.78 is 31.8. The topological polar surface area (TPSA) is 85.8 Å². The Bertz CT molecular complexity index is 1280. The van der Waals surface area contributed by atoms with E-state index in [0.29, 0.717) is 73.1 Å². The molecule has 2 saturated heterocycles.